The average Bonchev–Trinajstić information content (AvgIpc) is 3.75. The van der Waals surface area contributed by atoms with Crippen LogP contribution in [-0.4, -0.2) is 39.9 Å². The van der Waals surface area contributed by atoms with Crippen LogP contribution >= 0.6 is 0 Å². The van der Waals surface area contributed by atoms with Crippen LogP contribution in [0.3, 0.4) is 0 Å². The Bertz CT molecular complexity index is 2510. The van der Waals surface area contributed by atoms with E-state index < -0.39 is 0 Å². The van der Waals surface area contributed by atoms with Crippen LogP contribution in [0.4, 0.5) is 0 Å². The smallest absolute Gasteiger partial charge is 0.164 e. The van der Waals surface area contributed by atoms with Crippen LogP contribution < -0.4 is 0 Å². The van der Waals surface area contributed by atoms with Crippen molar-refractivity contribution in [2.75, 3.05) is 0 Å². The number of aryl methyl sites for hydroxylation is 2. The summed E-state index contributed by atoms with van der Waals surface area (Å²) in [5.74, 6) is 2.41. The third-order valence-corrected chi connectivity index (χ3v) is 8.67. The number of hydrogen-bond acceptors (Lipinski definition) is 6. The maximum Gasteiger partial charge on any atom is 0.164 e. The second kappa shape index (κ2) is 9.64. The number of aromatic nitrogens is 8. The molecule has 9 rings (SSSR count). The zero-order valence-electron chi connectivity index (χ0n) is 24.0. The molecule has 0 amide bonds. The van der Waals surface area contributed by atoms with Crippen molar-refractivity contribution < 1.29 is 17.1 Å². The largest absolute Gasteiger partial charge is 0.324 e. The molecule has 0 atom stereocenters. The third kappa shape index (κ3) is 3.76. The molecule has 7 aromatic rings. The van der Waals surface area contributed by atoms with Gasteiger partial charge in [0.15, 0.2) is 23.3 Å². The van der Waals surface area contributed by atoms with Gasteiger partial charge in [0, 0.05) is 60.9 Å². The Morgan fingerprint density at radius 3 is 1.30 bits per heavy atom. The number of rotatable bonds is 0. The topological polar surface area (TPSA) is 109 Å². The molecule has 215 valence electrons. The monoisotopic (exact) mass is 619 g/mol. The summed E-state index contributed by atoms with van der Waals surface area (Å²) >= 11 is 0. The average molecular weight is 620 g/mol. The summed E-state index contributed by atoms with van der Waals surface area (Å²) < 4.78 is 0. The number of benzene rings is 4. The molecule has 0 saturated heterocycles. The molecule has 1 radical (unpaired) electrons. The summed E-state index contributed by atoms with van der Waals surface area (Å²) in [6.07, 6.45) is 0. The predicted octanol–water partition coefficient (Wildman–Crippen LogP) is 7.79. The van der Waals surface area contributed by atoms with E-state index in [2.05, 4.69) is 36.8 Å². The molecular formula is C35H24CuN8. The molecule has 0 unspecified atom stereocenters. The molecule has 9 heteroatoms. The van der Waals surface area contributed by atoms with Gasteiger partial charge in [0.2, 0.25) is 0 Å². The zero-order valence-corrected chi connectivity index (χ0v) is 24.9. The zero-order chi connectivity index (χ0) is 28.8. The van der Waals surface area contributed by atoms with E-state index in [-0.39, 0.29) is 17.1 Å². The molecule has 0 fully saturated rings. The first-order valence-corrected chi connectivity index (χ1v) is 14.2. The van der Waals surface area contributed by atoms with Gasteiger partial charge < -0.3 is 9.97 Å². The van der Waals surface area contributed by atoms with Crippen LogP contribution in [0.5, 0.6) is 0 Å². The maximum absolute atomic E-state index is 5.15. The molecule has 0 spiro atoms. The van der Waals surface area contributed by atoms with Crippen LogP contribution in [-0.2, 0) is 17.1 Å². The second-order valence-electron chi connectivity index (χ2n) is 11.1. The SMILES string of the molecule is Cc1cc2c3nc4nc(nc5[nH]c(nc6nc(nc([nH]3)c2c(C)c1C)-c1ccccc1-6)c1ccccc51)-c1ccccc1-4.[Cu]. The summed E-state index contributed by atoms with van der Waals surface area (Å²) in [4.78, 5) is 37.3. The fraction of sp³-hybridized carbons (Fsp3) is 0.0857. The van der Waals surface area contributed by atoms with E-state index in [4.69, 9.17) is 29.9 Å². The number of aromatic amines is 2. The molecule has 2 aliphatic rings. The van der Waals surface area contributed by atoms with Gasteiger partial charge in [-0.05, 0) is 43.5 Å². The first-order valence-electron chi connectivity index (χ1n) is 14.2. The molecule has 0 saturated carbocycles. The molecule has 8 bridgehead atoms. The Balaban J connectivity index is 0.00000289. The van der Waals surface area contributed by atoms with Gasteiger partial charge in [-0.2, -0.15) is 0 Å². The Kier molecular flexibility index (Phi) is 5.78. The van der Waals surface area contributed by atoms with E-state index in [0.29, 0.717) is 45.9 Å². The number of hydrogen-bond donors (Lipinski definition) is 2. The minimum absolute atomic E-state index is 0. The first kappa shape index (κ1) is 26.4. The number of fused-ring (bicyclic) bond motifs is 20. The third-order valence-electron chi connectivity index (χ3n) is 8.67. The maximum atomic E-state index is 5.15. The van der Waals surface area contributed by atoms with Gasteiger partial charge >= 0.3 is 0 Å². The molecule has 5 heterocycles. The summed E-state index contributed by atoms with van der Waals surface area (Å²) in [5.41, 5.74) is 10.1. The molecule has 0 aliphatic carbocycles. The van der Waals surface area contributed by atoms with E-state index in [0.717, 1.165) is 49.4 Å². The summed E-state index contributed by atoms with van der Waals surface area (Å²) in [5, 5.41) is 3.93. The quantitative estimate of drug-likeness (QED) is 0.168. The van der Waals surface area contributed by atoms with E-state index in [9.17, 15) is 0 Å². The van der Waals surface area contributed by atoms with Crippen molar-refractivity contribution in [3.63, 3.8) is 0 Å². The van der Waals surface area contributed by atoms with Crippen LogP contribution in [0.2, 0.25) is 0 Å². The standard InChI is InChI=1S/C35H24N8.Cu/c1-17-16-26-27(19(3)18(17)2)35-42-33-25-15-9-8-14-24(25)31(40-33)38-29-21-11-5-4-10-20(21)28(36-29)37-30-22-12-6-7-13-23(22)32(39-30)41-34(26)43-35;/h4-16H,1-3H3,(H2,36,37,38,39,40,41,42,43);. The molecule has 3 aromatic heterocycles. The molecule has 4 aromatic carbocycles. The van der Waals surface area contributed by atoms with Gasteiger partial charge in [-0.3, -0.25) is 0 Å². The van der Waals surface area contributed by atoms with E-state index >= 15 is 0 Å². The Labute approximate surface area is 262 Å². The predicted molar refractivity (Wildman–Crippen MR) is 170 cm³/mol. The van der Waals surface area contributed by atoms with Crippen LogP contribution in [0.25, 0.3) is 89.7 Å². The van der Waals surface area contributed by atoms with Crippen LogP contribution in [0.1, 0.15) is 16.7 Å². The van der Waals surface area contributed by atoms with Crippen molar-refractivity contribution in [2.24, 2.45) is 0 Å². The van der Waals surface area contributed by atoms with E-state index in [1.807, 2.05) is 72.8 Å². The van der Waals surface area contributed by atoms with Crippen molar-refractivity contribution in [3.05, 3.63) is 95.6 Å². The molecule has 2 aliphatic heterocycles. The van der Waals surface area contributed by atoms with Gasteiger partial charge in [0.1, 0.15) is 22.6 Å². The van der Waals surface area contributed by atoms with Gasteiger partial charge in [-0.15, -0.1) is 0 Å². The molecule has 2 N–H and O–H groups in total. The molecular weight excluding hydrogens is 596 g/mol. The Morgan fingerprint density at radius 1 is 0.432 bits per heavy atom. The number of nitrogens with zero attached hydrogens (tertiary/aromatic N) is 6. The fourth-order valence-electron chi connectivity index (χ4n) is 6.26. The fourth-order valence-corrected chi connectivity index (χ4v) is 6.26. The van der Waals surface area contributed by atoms with Crippen molar-refractivity contribution >= 4 is 44.1 Å². The van der Waals surface area contributed by atoms with Gasteiger partial charge in [-0.25, -0.2) is 29.9 Å². The van der Waals surface area contributed by atoms with Crippen molar-refractivity contribution in [3.8, 4) is 45.6 Å². The second-order valence-corrected chi connectivity index (χ2v) is 11.1. The first-order chi connectivity index (χ1) is 21.0. The summed E-state index contributed by atoms with van der Waals surface area (Å²) in [6, 6.07) is 26.5. The van der Waals surface area contributed by atoms with Gasteiger partial charge in [-0.1, -0.05) is 72.8 Å². The summed E-state index contributed by atoms with van der Waals surface area (Å²) in [6.45, 7) is 6.42. The van der Waals surface area contributed by atoms with Crippen LogP contribution in [0, 0.1) is 20.8 Å². The molecule has 44 heavy (non-hydrogen) atoms. The van der Waals surface area contributed by atoms with E-state index in [1.165, 1.54) is 11.1 Å². The van der Waals surface area contributed by atoms with Crippen LogP contribution in [0.15, 0.2) is 78.9 Å². The van der Waals surface area contributed by atoms with Gasteiger partial charge in [0.05, 0.1) is 0 Å². The van der Waals surface area contributed by atoms with Gasteiger partial charge in [0.25, 0.3) is 0 Å². The minimum Gasteiger partial charge on any atom is -0.324 e. The van der Waals surface area contributed by atoms with Crippen molar-refractivity contribution in [2.45, 2.75) is 20.8 Å². The Morgan fingerprint density at radius 2 is 0.818 bits per heavy atom. The minimum atomic E-state index is 0. The summed E-state index contributed by atoms with van der Waals surface area (Å²) in [7, 11) is 0. The number of nitrogens with one attached hydrogen (secondary N) is 2. The van der Waals surface area contributed by atoms with E-state index in [1.54, 1.807) is 0 Å². The Hall–Kier alpha value is -5.24. The van der Waals surface area contributed by atoms with Crippen molar-refractivity contribution in [1.29, 1.82) is 0 Å². The number of H-pyrrole nitrogens is 2. The molecule has 8 nitrogen and oxygen atoms in total. The normalized spacial score (nSPS) is 11.8. The van der Waals surface area contributed by atoms with Crippen molar-refractivity contribution in [1.82, 2.24) is 39.9 Å².